The van der Waals surface area contributed by atoms with E-state index in [4.69, 9.17) is 5.11 Å². The van der Waals surface area contributed by atoms with Crippen LogP contribution in [-0.2, 0) is 11.3 Å². The summed E-state index contributed by atoms with van der Waals surface area (Å²) in [6.07, 6.45) is -2.65. The number of rotatable bonds is 7. The molecule has 5 nitrogen and oxygen atoms in total. The Kier molecular flexibility index (Phi) is 6.74. The van der Waals surface area contributed by atoms with E-state index in [9.17, 15) is 18.4 Å². The maximum Gasteiger partial charge on any atom is 0.255 e. The Labute approximate surface area is 121 Å². The van der Waals surface area contributed by atoms with Crippen molar-refractivity contribution in [1.29, 1.82) is 0 Å². The Morgan fingerprint density at radius 2 is 1.90 bits per heavy atom. The van der Waals surface area contributed by atoms with Gasteiger partial charge in [-0.2, -0.15) is 0 Å². The molecule has 21 heavy (non-hydrogen) atoms. The first-order valence-corrected chi connectivity index (χ1v) is 6.45. The van der Waals surface area contributed by atoms with Gasteiger partial charge in [-0.05, 0) is 17.7 Å². The van der Waals surface area contributed by atoms with E-state index in [1.54, 1.807) is 12.1 Å². The quantitative estimate of drug-likeness (QED) is 0.790. The molecule has 0 atom stereocenters. The number of nitrogens with zero attached hydrogens (tertiary/aromatic N) is 1. The first-order chi connectivity index (χ1) is 9.93. The van der Waals surface area contributed by atoms with Crippen molar-refractivity contribution in [3.05, 3.63) is 35.4 Å². The molecule has 0 heterocycles. The molecule has 0 aliphatic rings. The van der Waals surface area contributed by atoms with Gasteiger partial charge in [0.1, 0.15) is 0 Å². The smallest absolute Gasteiger partial charge is 0.255 e. The van der Waals surface area contributed by atoms with Gasteiger partial charge in [0, 0.05) is 25.6 Å². The average Bonchev–Trinajstić information content (AvgIpc) is 2.44. The summed E-state index contributed by atoms with van der Waals surface area (Å²) in [7, 11) is 0. The van der Waals surface area contributed by atoms with Crippen LogP contribution in [-0.4, -0.2) is 47.9 Å². The van der Waals surface area contributed by atoms with Crippen LogP contribution in [0.1, 0.15) is 22.8 Å². The molecule has 1 aromatic rings. The fraction of sp³-hybridized carbons (Fsp3) is 0.429. The third kappa shape index (κ3) is 5.86. The molecule has 0 saturated heterocycles. The number of benzene rings is 1. The lowest BCUT2D eigenvalue weighted by Crippen LogP contribution is -2.37. The van der Waals surface area contributed by atoms with Gasteiger partial charge in [0.2, 0.25) is 5.91 Å². The highest BCUT2D eigenvalue weighted by Gasteiger charge is 2.19. The number of alkyl halides is 2. The molecule has 1 aromatic carbocycles. The van der Waals surface area contributed by atoms with E-state index in [0.717, 1.165) is 10.5 Å². The molecule has 0 saturated carbocycles. The van der Waals surface area contributed by atoms with E-state index in [0.29, 0.717) is 6.54 Å². The Morgan fingerprint density at radius 3 is 2.38 bits per heavy atom. The van der Waals surface area contributed by atoms with Gasteiger partial charge in [-0.3, -0.25) is 9.59 Å². The molecular formula is C14H18F2N2O3. The van der Waals surface area contributed by atoms with E-state index >= 15 is 0 Å². The lowest BCUT2D eigenvalue weighted by molar-refractivity contribution is -0.119. The summed E-state index contributed by atoms with van der Waals surface area (Å²) in [5.41, 5.74) is 1.06. The first kappa shape index (κ1) is 17.0. The molecule has 0 bridgehead atoms. The number of nitrogens with one attached hydrogen (secondary N) is 1. The number of aliphatic hydroxyl groups excluding tert-OH is 1. The molecule has 0 radical (unpaired) electrons. The van der Waals surface area contributed by atoms with Gasteiger partial charge in [-0.25, -0.2) is 8.78 Å². The van der Waals surface area contributed by atoms with Crippen LogP contribution in [0.25, 0.3) is 0 Å². The van der Waals surface area contributed by atoms with Crippen molar-refractivity contribution >= 4 is 11.8 Å². The summed E-state index contributed by atoms with van der Waals surface area (Å²) in [6.45, 7) is 0.499. The van der Waals surface area contributed by atoms with Crippen molar-refractivity contribution in [3.8, 4) is 0 Å². The Bertz CT molecular complexity index is 478. The monoisotopic (exact) mass is 300 g/mol. The SMILES string of the molecule is CC(=O)NCc1ccc(C(=O)N(CCO)CC(F)F)cc1. The second kappa shape index (κ2) is 8.31. The standard InChI is InChI=1S/C14H18F2N2O3/c1-10(20)17-8-11-2-4-12(5-3-11)14(21)18(6-7-19)9-13(15)16/h2-5,13,19H,6-9H2,1H3,(H,17,20). The van der Waals surface area contributed by atoms with E-state index in [1.165, 1.54) is 19.1 Å². The molecule has 0 aliphatic heterocycles. The van der Waals surface area contributed by atoms with Crippen LogP contribution in [0.5, 0.6) is 0 Å². The lowest BCUT2D eigenvalue weighted by Gasteiger charge is -2.21. The molecule has 1 rings (SSSR count). The number of carbonyl (C=O) groups is 2. The van der Waals surface area contributed by atoms with Crippen molar-refractivity contribution in [2.45, 2.75) is 19.9 Å². The van der Waals surface area contributed by atoms with Crippen LogP contribution in [0.2, 0.25) is 0 Å². The Morgan fingerprint density at radius 1 is 1.29 bits per heavy atom. The molecule has 2 N–H and O–H groups in total. The molecule has 0 aliphatic carbocycles. The third-order valence-electron chi connectivity index (χ3n) is 2.76. The predicted octanol–water partition coefficient (Wildman–Crippen LogP) is 1.02. The van der Waals surface area contributed by atoms with Crippen LogP contribution in [0, 0.1) is 0 Å². The Hall–Kier alpha value is -2.02. The number of halogens is 2. The maximum absolute atomic E-state index is 12.4. The molecule has 7 heteroatoms. The van der Waals surface area contributed by atoms with Crippen molar-refractivity contribution in [2.75, 3.05) is 19.7 Å². The zero-order chi connectivity index (χ0) is 15.8. The molecule has 116 valence electrons. The highest BCUT2D eigenvalue weighted by molar-refractivity contribution is 5.94. The molecule has 2 amide bonds. The van der Waals surface area contributed by atoms with Crippen molar-refractivity contribution in [2.24, 2.45) is 0 Å². The largest absolute Gasteiger partial charge is 0.395 e. The minimum atomic E-state index is -2.65. The van der Waals surface area contributed by atoms with E-state index in [1.807, 2.05) is 0 Å². The van der Waals surface area contributed by atoms with Gasteiger partial charge >= 0.3 is 0 Å². The topological polar surface area (TPSA) is 69.6 Å². The normalized spacial score (nSPS) is 10.5. The zero-order valence-electron chi connectivity index (χ0n) is 11.7. The van der Waals surface area contributed by atoms with E-state index in [-0.39, 0.29) is 24.6 Å². The zero-order valence-corrected chi connectivity index (χ0v) is 11.7. The van der Waals surface area contributed by atoms with Gasteiger partial charge in [0.15, 0.2) is 0 Å². The van der Waals surface area contributed by atoms with Gasteiger partial charge in [0.25, 0.3) is 12.3 Å². The van der Waals surface area contributed by atoms with Gasteiger partial charge in [0.05, 0.1) is 13.2 Å². The first-order valence-electron chi connectivity index (χ1n) is 6.45. The molecular weight excluding hydrogens is 282 g/mol. The fourth-order valence-corrected chi connectivity index (χ4v) is 1.74. The minimum absolute atomic E-state index is 0.142. The average molecular weight is 300 g/mol. The number of carbonyl (C=O) groups excluding carboxylic acids is 2. The highest BCUT2D eigenvalue weighted by Crippen LogP contribution is 2.09. The van der Waals surface area contributed by atoms with Crippen LogP contribution in [0.15, 0.2) is 24.3 Å². The van der Waals surface area contributed by atoms with Crippen LogP contribution in [0.4, 0.5) is 8.78 Å². The number of hydrogen-bond acceptors (Lipinski definition) is 3. The molecule has 0 fully saturated rings. The molecule has 0 spiro atoms. The van der Waals surface area contributed by atoms with Gasteiger partial charge < -0.3 is 15.3 Å². The lowest BCUT2D eigenvalue weighted by atomic mass is 10.1. The second-order valence-electron chi connectivity index (χ2n) is 4.47. The third-order valence-corrected chi connectivity index (χ3v) is 2.76. The summed E-state index contributed by atoms with van der Waals surface area (Å²) in [5.74, 6) is -0.725. The summed E-state index contributed by atoms with van der Waals surface area (Å²) in [5, 5.41) is 11.4. The molecule has 0 unspecified atom stereocenters. The van der Waals surface area contributed by atoms with Gasteiger partial charge in [-0.15, -0.1) is 0 Å². The van der Waals surface area contributed by atoms with Crippen molar-refractivity contribution < 1.29 is 23.5 Å². The van der Waals surface area contributed by atoms with Gasteiger partial charge in [-0.1, -0.05) is 12.1 Å². The van der Waals surface area contributed by atoms with Crippen LogP contribution >= 0.6 is 0 Å². The number of amides is 2. The minimum Gasteiger partial charge on any atom is -0.395 e. The summed E-state index contributed by atoms with van der Waals surface area (Å²) in [6, 6.07) is 6.30. The highest BCUT2D eigenvalue weighted by atomic mass is 19.3. The summed E-state index contributed by atoms with van der Waals surface area (Å²) >= 11 is 0. The summed E-state index contributed by atoms with van der Waals surface area (Å²) < 4.78 is 24.8. The van der Waals surface area contributed by atoms with Crippen molar-refractivity contribution in [1.82, 2.24) is 10.2 Å². The fourth-order valence-electron chi connectivity index (χ4n) is 1.74. The second-order valence-corrected chi connectivity index (χ2v) is 4.47. The van der Waals surface area contributed by atoms with Crippen molar-refractivity contribution in [3.63, 3.8) is 0 Å². The van der Waals surface area contributed by atoms with E-state index < -0.39 is 18.9 Å². The number of hydrogen-bond donors (Lipinski definition) is 2. The van der Waals surface area contributed by atoms with E-state index in [2.05, 4.69) is 5.32 Å². The predicted molar refractivity (Wildman–Crippen MR) is 73.0 cm³/mol. The van der Waals surface area contributed by atoms with Crippen LogP contribution < -0.4 is 5.32 Å². The van der Waals surface area contributed by atoms with Crippen LogP contribution in [0.3, 0.4) is 0 Å². The maximum atomic E-state index is 12.4. The Balaban J connectivity index is 2.74. The summed E-state index contributed by atoms with van der Waals surface area (Å²) in [4.78, 5) is 23.8. The number of aliphatic hydroxyl groups is 1. The molecule has 0 aromatic heterocycles.